The number of hydrogen-bond donors (Lipinski definition) is 1. The zero-order valence-electron chi connectivity index (χ0n) is 14.2. The first-order valence-electron chi connectivity index (χ1n) is 8.27. The number of benzene rings is 2. The van der Waals surface area contributed by atoms with E-state index in [1.54, 1.807) is 13.1 Å². The maximum Gasteiger partial charge on any atom is 0.419 e. The van der Waals surface area contributed by atoms with E-state index in [4.69, 9.17) is 4.42 Å². The summed E-state index contributed by atoms with van der Waals surface area (Å²) in [7, 11) is 1.66. The minimum absolute atomic E-state index is 0.0602. The van der Waals surface area contributed by atoms with Crippen LogP contribution < -0.4 is 16.0 Å². The second-order valence-corrected chi connectivity index (χ2v) is 6.42. The Bertz CT molecular complexity index is 1000. The first-order chi connectivity index (χ1) is 12.0. The molecule has 3 aromatic rings. The molecule has 1 aliphatic rings. The molecular weight excluding hydrogens is 318 g/mol. The molecule has 1 saturated heterocycles. The molecule has 4 rings (SSSR count). The predicted molar refractivity (Wildman–Crippen MR) is 97.0 cm³/mol. The van der Waals surface area contributed by atoms with Crippen LogP contribution in [0.1, 0.15) is 12.0 Å². The molecule has 128 valence electrons. The monoisotopic (exact) mass is 337 g/mol. The normalized spacial score (nSPS) is 17.4. The highest BCUT2D eigenvalue weighted by atomic mass is 16.4. The van der Waals surface area contributed by atoms with Crippen molar-refractivity contribution in [3.8, 4) is 0 Å². The highest BCUT2D eigenvalue weighted by molar-refractivity contribution is 6.01. The van der Waals surface area contributed by atoms with E-state index in [0.717, 1.165) is 17.8 Å². The molecule has 0 radical (unpaired) electrons. The number of rotatable bonds is 3. The Morgan fingerprint density at radius 2 is 1.88 bits per heavy atom. The van der Waals surface area contributed by atoms with Crippen molar-refractivity contribution in [2.45, 2.75) is 19.4 Å². The van der Waals surface area contributed by atoms with Crippen LogP contribution in [-0.2, 0) is 11.8 Å². The smallest absolute Gasteiger partial charge is 0.408 e. The topological polar surface area (TPSA) is 67.5 Å². The third-order valence-electron chi connectivity index (χ3n) is 4.68. The summed E-state index contributed by atoms with van der Waals surface area (Å²) in [5.74, 6) is -0.334. The van der Waals surface area contributed by atoms with Gasteiger partial charge in [0.15, 0.2) is 5.58 Å². The van der Waals surface area contributed by atoms with Gasteiger partial charge in [-0.2, -0.15) is 0 Å². The second-order valence-electron chi connectivity index (χ2n) is 6.42. The second kappa shape index (κ2) is 5.81. The number of aryl methyl sites for hydroxylation is 2. The van der Waals surface area contributed by atoms with Crippen LogP contribution in [0, 0.1) is 6.92 Å². The third-order valence-corrected chi connectivity index (χ3v) is 4.68. The number of anilines is 2. The van der Waals surface area contributed by atoms with Gasteiger partial charge in [-0.1, -0.05) is 17.7 Å². The summed E-state index contributed by atoms with van der Waals surface area (Å²) < 4.78 is 6.59. The fraction of sp³-hybridized carbons (Fsp3) is 0.263. The van der Waals surface area contributed by atoms with E-state index in [1.165, 1.54) is 10.1 Å². The van der Waals surface area contributed by atoms with Crippen molar-refractivity contribution in [3.63, 3.8) is 0 Å². The molecule has 2 aromatic carbocycles. The lowest BCUT2D eigenvalue weighted by molar-refractivity contribution is -0.117. The highest BCUT2D eigenvalue weighted by Crippen LogP contribution is 2.25. The summed E-state index contributed by atoms with van der Waals surface area (Å²) in [4.78, 5) is 26.1. The van der Waals surface area contributed by atoms with Crippen molar-refractivity contribution >= 4 is 28.4 Å². The summed E-state index contributed by atoms with van der Waals surface area (Å²) in [6.07, 6.45) is 0.731. The lowest BCUT2D eigenvalue weighted by Gasteiger charge is -2.18. The number of hydrogen-bond acceptors (Lipinski definition) is 4. The molecule has 6 nitrogen and oxygen atoms in total. The Kier molecular flexibility index (Phi) is 3.60. The summed E-state index contributed by atoms with van der Waals surface area (Å²) in [6.45, 7) is 2.71. The number of nitrogens with one attached hydrogen (secondary N) is 1. The van der Waals surface area contributed by atoms with Gasteiger partial charge in [0, 0.05) is 25.0 Å². The molecule has 2 heterocycles. The number of fused-ring (bicyclic) bond motifs is 1. The van der Waals surface area contributed by atoms with Gasteiger partial charge in [-0.15, -0.1) is 0 Å². The Balaban J connectivity index is 1.55. The van der Waals surface area contributed by atoms with E-state index in [-0.39, 0.29) is 11.9 Å². The molecule has 0 spiro atoms. The van der Waals surface area contributed by atoms with Gasteiger partial charge in [0.25, 0.3) is 0 Å². The Morgan fingerprint density at radius 1 is 1.12 bits per heavy atom. The quantitative estimate of drug-likeness (QED) is 0.798. The van der Waals surface area contributed by atoms with Crippen LogP contribution in [0.4, 0.5) is 11.4 Å². The van der Waals surface area contributed by atoms with Crippen LogP contribution in [0.5, 0.6) is 0 Å². The molecule has 1 N–H and O–H groups in total. The minimum atomic E-state index is -0.394. The number of carbonyl (C=O) groups excluding carboxylic acids is 1. The van der Waals surface area contributed by atoms with Gasteiger partial charge in [-0.3, -0.25) is 9.36 Å². The Morgan fingerprint density at radius 3 is 2.64 bits per heavy atom. The predicted octanol–water partition coefficient (Wildman–Crippen LogP) is 2.66. The van der Waals surface area contributed by atoms with Crippen molar-refractivity contribution in [3.05, 3.63) is 58.6 Å². The number of amides is 1. The summed E-state index contributed by atoms with van der Waals surface area (Å²) >= 11 is 0. The van der Waals surface area contributed by atoms with E-state index in [0.29, 0.717) is 17.6 Å². The average Bonchev–Trinajstić information content (AvgIpc) is 3.10. The zero-order valence-corrected chi connectivity index (χ0v) is 14.2. The van der Waals surface area contributed by atoms with Crippen molar-refractivity contribution in [2.75, 3.05) is 16.8 Å². The van der Waals surface area contributed by atoms with Gasteiger partial charge in [-0.25, -0.2) is 4.79 Å². The number of oxazole rings is 1. The molecule has 0 aliphatic carbocycles. The first kappa shape index (κ1) is 15.5. The van der Waals surface area contributed by atoms with Crippen LogP contribution in [0.15, 0.2) is 51.7 Å². The average molecular weight is 337 g/mol. The maximum absolute atomic E-state index is 12.7. The van der Waals surface area contributed by atoms with E-state index in [2.05, 4.69) is 5.32 Å². The third kappa shape index (κ3) is 2.69. The summed E-state index contributed by atoms with van der Waals surface area (Å²) in [5.41, 5.74) is 4.14. The minimum Gasteiger partial charge on any atom is -0.408 e. The van der Waals surface area contributed by atoms with Crippen molar-refractivity contribution in [1.82, 2.24) is 4.57 Å². The number of aromatic nitrogens is 1. The molecule has 1 amide bonds. The lowest BCUT2D eigenvalue weighted by Crippen LogP contribution is -2.33. The van der Waals surface area contributed by atoms with E-state index < -0.39 is 5.76 Å². The number of carbonyl (C=O) groups is 1. The van der Waals surface area contributed by atoms with Gasteiger partial charge in [0.05, 0.1) is 5.52 Å². The molecule has 1 aromatic heterocycles. The van der Waals surface area contributed by atoms with Gasteiger partial charge < -0.3 is 14.6 Å². The van der Waals surface area contributed by atoms with E-state index >= 15 is 0 Å². The summed E-state index contributed by atoms with van der Waals surface area (Å²) in [6, 6.07) is 13.1. The molecule has 1 fully saturated rings. The van der Waals surface area contributed by atoms with Crippen molar-refractivity contribution in [2.24, 2.45) is 7.05 Å². The largest absolute Gasteiger partial charge is 0.419 e. The van der Waals surface area contributed by atoms with Crippen molar-refractivity contribution in [1.29, 1.82) is 0 Å². The first-order valence-corrected chi connectivity index (χ1v) is 8.27. The SMILES string of the molecule is Cc1ccc(N2CCC(Nc3ccc4oc(=O)n(C)c4c3)C2=O)cc1. The molecule has 25 heavy (non-hydrogen) atoms. The fourth-order valence-electron chi connectivity index (χ4n) is 3.21. The molecule has 1 unspecified atom stereocenters. The standard InChI is InChI=1S/C19H19N3O3/c1-12-3-6-14(7-4-12)22-10-9-15(18(22)23)20-13-5-8-17-16(11-13)21(2)19(24)25-17/h3-8,11,15,20H,9-10H2,1-2H3. The Labute approximate surface area is 144 Å². The Hall–Kier alpha value is -3.02. The van der Waals surface area contributed by atoms with Crippen LogP contribution in [0.3, 0.4) is 0 Å². The van der Waals surface area contributed by atoms with Gasteiger partial charge >= 0.3 is 5.76 Å². The molecule has 6 heteroatoms. The zero-order chi connectivity index (χ0) is 17.6. The fourth-order valence-corrected chi connectivity index (χ4v) is 3.21. The van der Waals surface area contributed by atoms with Gasteiger partial charge in [-0.05, 0) is 43.7 Å². The molecule has 1 atom stereocenters. The van der Waals surface area contributed by atoms with Crippen molar-refractivity contribution < 1.29 is 9.21 Å². The van der Waals surface area contributed by atoms with Crippen LogP contribution in [-0.4, -0.2) is 23.1 Å². The molecule has 1 aliphatic heterocycles. The number of nitrogens with zero attached hydrogens (tertiary/aromatic N) is 2. The molecule has 0 bridgehead atoms. The highest BCUT2D eigenvalue weighted by Gasteiger charge is 2.32. The van der Waals surface area contributed by atoms with E-state index in [1.807, 2.05) is 48.2 Å². The van der Waals surface area contributed by atoms with E-state index in [9.17, 15) is 9.59 Å². The van der Waals surface area contributed by atoms with Crippen LogP contribution >= 0.6 is 0 Å². The maximum atomic E-state index is 12.7. The summed E-state index contributed by atoms with van der Waals surface area (Å²) in [5, 5.41) is 3.28. The molecule has 0 saturated carbocycles. The lowest BCUT2D eigenvalue weighted by atomic mass is 10.2. The van der Waals surface area contributed by atoms with Gasteiger partial charge in [0.2, 0.25) is 5.91 Å². The molecular formula is C19H19N3O3. The van der Waals surface area contributed by atoms with Gasteiger partial charge in [0.1, 0.15) is 6.04 Å². The van der Waals surface area contributed by atoms with Crippen LogP contribution in [0.25, 0.3) is 11.1 Å². The van der Waals surface area contributed by atoms with Crippen LogP contribution in [0.2, 0.25) is 0 Å².